The fourth-order valence-corrected chi connectivity index (χ4v) is 5.24. The molecule has 3 aromatic rings. The third kappa shape index (κ3) is 3.56. The predicted molar refractivity (Wildman–Crippen MR) is 121 cm³/mol. The molecule has 0 amide bonds. The van der Waals surface area contributed by atoms with Crippen LogP contribution in [0.3, 0.4) is 0 Å². The lowest BCUT2D eigenvalue weighted by Gasteiger charge is -2.39. The number of halogens is 1. The second-order valence-corrected chi connectivity index (χ2v) is 9.57. The van der Waals surface area contributed by atoms with E-state index in [-0.39, 0.29) is 0 Å². The molecule has 30 heavy (non-hydrogen) atoms. The van der Waals surface area contributed by atoms with E-state index in [1.807, 2.05) is 6.07 Å². The number of aromatic nitrogens is 4. The summed E-state index contributed by atoms with van der Waals surface area (Å²) in [5.41, 5.74) is 4.87. The highest BCUT2D eigenvalue weighted by molar-refractivity contribution is 9.10. The number of hydrogen-bond donors (Lipinski definition) is 1. The Morgan fingerprint density at radius 1 is 1.07 bits per heavy atom. The number of rotatable bonds is 5. The first kappa shape index (κ1) is 18.6. The van der Waals surface area contributed by atoms with E-state index in [9.17, 15) is 0 Å². The van der Waals surface area contributed by atoms with Gasteiger partial charge in [-0.1, -0.05) is 0 Å². The van der Waals surface area contributed by atoms with Gasteiger partial charge in [0.15, 0.2) is 5.65 Å². The standard InChI is InChI=1S/C22H26BrN7/c23-20-9-21(26-14-25-20)24-10-17-12-30-11-16(15-3-4-15)8-19(22(30)27-17)29-7-6-28-5-1-2-18(28)13-29/h8-9,11-12,14-15,18H,1-7,10,13H2,(H,24,25,26). The van der Waals surface area contributed by atoms with Crippen molar-refractivity contribution in [1.29, 1.82) is 0 Å². The maximum Gasteiger partial charge on any atom is 0.160 e. The fraction of sp³-hybridized carbons (Fsp3) is 0.500. The van der Waals surface area contributed by atoms with Gasteiger partial charge >= 0.3 is 0 Å². The van der Waals surface area contributed by atoms with Crippen molar-refractivity contribution < 1.29 is 0 Å². The third-order valence-corrected chi connectivity index (χ3v) is 7.10. The van der Waals surface area contributed by atoms with E-state index in [0.29, 0.717) is 12.6 Å². The molecule has 7 nitrogen and oxygen atoms in total. The quantitative estimate of drug-likeness (QED) is 0.577. The first-order valence-corrected chi connectivity index (χ1v) is 11.7. The van der Waals surface area contributed by atoms with Crippen LogP contribution in [0, 0.1) is 0 Å². The smallest absolute Gasteiger partial charge is 0.160 e. The molecular weight excluding hydrogens is 442 g/mol. The molecule has 1 aliphatic carbocycles. The van der Waals surface area contributed by atoms with Crippen LogP contribution in [0.25, 0.3) is 5.65 Å². The maximum absolute atomic E-state index is 5.02. The van der Waals surface area contributed by atoms with Crippen molar-refractivity contribution in [3.63, 3.8) is 0 Å². The minimum Gasteiger partial charge on any atom is -0.366 e. The largest absolute Gasteiger partial charge is 0.366 e. The number of hydrogen-bond acceptors (Lipinski definition) is 6. The summed E-state index contributed by atoms with van der Waals surface area (Å²) in [5, 5.41) is 3.36. The predicted octanol–water partition coefficient (Wildman–Crippen LogP) is 3.66. The van der Waals surface area contributed by atoms with E-state index < -0.39 is 0 Å². The lowest BCUT2D eigenvalue weighted by molar-refractivity contribution is 0.231. The van der Waals surface area contributed by atoms with Crippen LogP contribution in [0.2, 0.25) is 0 Å². The number of imidazole rings is 1. The minimum absolute atomic E-state index is 0.639. The number of fused-ring (bicyclic) bond motifs is 2. The first-order chi connectivity index (χ1) is 14.7. The van der Waals surface area contributed by atoms with E-state index in [4.69, 9.17) is 4.98 Å². The maximum atomic E-state index is 5.02. The molecule has 3 aromatic heterocycles. The van der Waals surface area contributed by atoms with E-state index in [0.717, 1.165) is 40.8 Å². The molecule has 1 saturated carbocycles. The van der Waals surface area contributed by atoms with Crippen LogP contribution in [0.1, 0.15) is 42.9 Å². The topological polar surface area (TPSA) is 61.6 Å². The lowest BCUT2D eigenvalue weighted by Crippen LogP contribution is -2.50. The summed E-state index contributed by atoms with van der Waals surface area (Å²) < 4.78 is 3.02. The van der Waals surface area contributed by atoms with E-state index in [1.165, 1.54) is 50.0 Å². The fourth-order valence-electron chi connectivity index (χ4n) is 4.93. The average molecular weight is 468 g/mol. The third-order valence-electron chi connectivity index (χ3n) is 6.66. The van der Waals surface area contributed by atoms with Gasteiger partial charge in [0.2, 0.25) is 0 Å². The van der Waals surface area contributed by atoms with Crippen molar-refractivity contribution in [2.75, 3.05) is 36.4 Å². The monoisotopic (exact) mass is 467 g/mol. The molecular formula is C22H26BrN7. The minimum atomic E-state index is 0.639. The van der Waals surface area contributed by atoms with Gasteiger partial charge in [-0.3, -0.25) is 4.90 Å². The van der Waals surface area contributed by atoms with Crippen LogP contribution in [0.15, 0.2) is 35.5 Å². The van der Waals surface area contributed by atoms with Crippen molar-refractivity contribution >= 4 is 33.1 Å². The Balaban J connectivity index is 1.31. The van der Waals surface area contributed by atoms with Crippen molar-refractivity contribution in [2.24, 2.45) is 0 Å². The van der Waals surface area contributed by atoms with Crippen LogP contribution in [-0.2, 0) is 6.54 Å². The van der Waals surface area contributed by atoms with Gasteiger partial charge in [-0.25, -0.2) is 15.0 Å². The number of nitrogens with one attached hydrogen (secondary N) is 1. The zero-order chi connectivity index (χ0) is 20.1. The summed E-state index contributed by atoms with van der Waals surface area (Å²) in [6.45, 7) is 5.30. The second-order valence-electron chi connectivity index (χ2n) is 8.75. The van der Waals surface area contributed by atoms with Gasteiger partial charge in [0.1, 0.15) is 16.7 Å². The summed E-state index contributed by atoms with van der Waals surface area (Å²) in [5.74, 6) is 1.52. The number of pyridine rings is 1. The zero-order valence-electron chi connectivity index (χ0n) is 17.0. The summed E-state index contributed by atoms with van der Waals surface area (Å²) in [6.07, 6.45) is 11.3. The molecule has 6 rings (SSSR count). The highest BCUT2D eigenvalue weighted by Crippen LogP contribution is 2.42. The van der Waals surface area contributed by atoms with Gasteiger partial charge in [-0.2, -0.15) is 0 Å². The first-order valence-electron chi connectivity index (χ1n) is 10.9. The van der Waals surface area contributed by atoms with Crippen LogP contribution in [0.5, 0.6) is 0 Å². The van der Waals surface area contributed by atoms with Crippen LogP contribution in [0.4, 0.5) is 11.5 Å². The number of anilines is 2. The Morgan fingerprint density at radius 3 is 2.87 bits per heavy atom. The average Bonchev–Trinajstić information content (AvgIpc) is 3.35. The molecule has 0 spiro atoms. The second kappa shape index (κ2) is 7.50. The van der Waals surface area contributed by atoms with Crippen LogP contribution < -0.4 is 10.2 Å². The van der Waals surface area contributed by atoms with E-state index in [1.54, 1.807) is 6.33 Å². The van der Waals surface area contributed by atoms with Gasteiger partial charge in [-0.05, 0) is 65.7 Å². The molecule has 5 heterocycles. The molecule has 0 bridgehead atoms. The SMILES string of the molecule is Brc1cc(NCc2cn3cc(C4CC4)cc(N4CCN5CCCC5C4)c3n2)ncn1. The molecule has 3 fully saturated rings. The molecule has 2 aliphatic heterocycles. The molecule has 8 heteroatoms. The molecule has 0 radical (unpaired) electrons. The zero-order valence-corrected chi connectivity index (χ0v) is 18.6. The molecule has 1 atom stereocenters. The Kier molecular flexibility index (Phi) is 4.64. The summed E-state index contributed by atoms with van der Waals surface area (Å²) in [7, 11) is 0. The summed E-state index contributed by atoms with van der Waals surface area (Å²) in [4.78, 5) is 18.6. The Bertz CT molecular complexity index is 1080. The molecule has 3 aliphatic rings. The summed E-state index contributed by atoms with van der Waals surface area (Å²) >= 11 is 3.40. The van der Waals surface area contributed by atoms with Gasteiger partial charge in [0.25, 0.3) is 0 Å². The molecule has 156 valence electrons. The Hall–Kier alpha value is -2.19. The number of piperazine rings is 1. The molecule has 0 aromatic carbocycles. The van der Waals surface area contributed by atoms with E-state index >= 15 is 0 Å². The van der Waals surface area contributed by atoms with Gasteiger partial charge in [-0.15, -0.1) is 0 Å². The van der Waals surface area contributed by atoms with Gasteiger partial charge in [0.05, 0.1) is 17.9 Å². The van der Waals surface area contributed by atoms with E-state index in [2.05, 4.69) is 63.9 Å². The highest BCUT2D eigenvalue weighted by Gasteiger charge is 2.32. The van der Waals surface area contributed by atoms with Crippen molar-refractivity contribution in [2.45, 2.75) is 44.2 Å². The van der Waals surface area contributed by atoms with Gasteiger partial charge < -0.3 is 14.6 Å². The Morgan fingerprint density at radius 2 is 2.00 bits per heavy atom. The number of nitrogens with zero attached hydrogens (tertiary/aromatic N) is 6. The highest BCUT2D eigenvalue weighted by atomic mass is 79.9. The summed E-state index contributed by atoms with van der Waals surface area (Å²) in [6, 6.07) is 5.01. The van der Waals surface area contributed by atoms with Crippen molar-refractivity contribution in [3.8, 4) is 0 Å². The molecule has 2 saturated heterocycles. The van der Waals surface area contributed by atoms with Gasteiger partial charge in [0, 0.05) is 44.1 Å². The Labute approximate surface area is 184 Å². The van der Waals surface area contributed by atoms with Crippen LogP contribution in [-0.4, -0.2) is 56.5 Å². The lowest BCUT2D eigenvalue weighted by atomic mass is 10.1. The van der Waals surface area contributed by atoms with Crippen molar-refractivity contribution in [1.82, 2.24) is 24.3 Å². The molecule has 1 N–H and O–H groups in total. The molecule has 1 unspecified atom stereocenters. The van der Waals surface area contributed by atoms with Crippen LogP contribution >= 0.6 is 15.9 Å². The normalized spacial score (nSPS) is 21.9. The van der Waals surface area contributed by atoms with Crippen molar-refractivity contribution in [3.05, 3.63) is 46.7 Å².